The van der Waals surface area contributed by atoms with E-state index in [0.717, 1.165) is 17.0 Å². The van der Waals surface area contributed by atoms with E-state index in [4.69, 9.17) is 0 Å². The molecule has 116 valence electrons. The Kier molecular flexibility index (Phi) is 3.49. The zero-order chi connectivity index (χ0) is 15.8. The normalized spacial score (nSPS) is 15.3. The number of hydrogen-bond acceptors (Lipinski definition) is 5. The summed E-state index contributed by atoms with van der Waals surface area (Å²) < 4.78 is 15.5. The van der Waals surface area contributed by atoms with Crippen LogP contribution in [0.15, 0.2) is 52.8 Å². The van der Waals surface area contributed by atoms with Gasteiger partial charge in [0.1, 0.15) is 5.82 Å². The number of pyridine rings is 1. The van der Waals surface area contributed by atoms with Crippen LogP contribution < -0.4 is 0 Å². The first-order chi connectivity index (χ1) is 11.2. The van der Waals surface area contributed by atoms with E-state index in [2.05, 4.69) is 15.2 Å². The topological polar surface area (TPSA) is 62.8 Å². The van der Waals surface area contributed by atoms with Gasteiger partial charge in [0.25, 0.3) is 0 Å². The molecule has 3 heterocycles. The number of halogens is 1. The van der Waals surface area contributed by atoms with Crippen LogP contribution in [0.4, 0.5) is 15.9 Å². The fourth-order valence-electron chi connectivity index (χ4n) is 2.61. The van der Waals surface area contributed by atoms with Crippen LogP contribution in [0.25, 0.3) is 10.9 Å². The average molecular weight is 328 g/mol. The third kappa shape index (κ3) is 2.46. The third-order valence-electron chi connectivity index (χ3n) is 3.80. The number of aromatic hydroxyl groups is 1. The molecule has 7 heteroatoms. The summed E-state index contributed by atoms with van der Waals surface area (Å²) in [5, 5.41) is 19.3. The van der Waals surface area contributed by atoms with Crippen molar-refractivity contribution in [3.05, 3.63) is 48.4 Å². The maximum atomic E-state index is 13.6. The lowest BCUT2D eigenvalue weighted by atomic mass is 10.2. The molecule has 23 heavy (non-hydrogen) atoms. The molecular formula is C16H13FN4OS. The molecule has 1 aromatic carbocycles. The van der Waals surface area contributed by atoms with Crippen LogP contribution in [-0.4, -0.2) is 26.2 Å². The first-order valence-corrected chi connectivity index (χ1v) is 8.32. The highest BCUT2D eigenvalue weighted by atomic mass is 32.2. The van der Waals surface area contributed by atoms with Crippen molar-refractivity contribution in [1.29, 1.82) is 0 Å². The fraction of sp³-hybridized carbons (Fsp3) is 0.188. The smallest absolute Gasteiger partial charge is 0.221 e. The first-order valence-electron chi connectivity index (χ1n) is 7.17. The summed E-state index contributed by atoms with van der Waals surface area (Å²) in [6.07, 6.45) is 1.61. The summed E-state index contributed by atoms with van der Waals surface area (Å²) in [5.74, 6) is 1.93. The van der Waals surface area contributed by atoms with Crippen LogP contribution in [0.3, 0.4) is 0 Å². The van der Waals surface area contributed by atoms with Crippen molar-refractivity contribution in [2.24, 2.45) is 10.2 Å². The molecule has 0 radical (unpaired) electrons. The van der Waals surface area contributed by atoms with Gasteiger partial charge >= 0.3 is 0 Å². The second-order valence-corrected chi connectivity index (χ2v) is 6.36. The zero-order valence-corrected chi connectivity index (χ0v) is 12.9. The van der Waals surface area contributed by atoms with Crippen LogP contribution >= 0.6 is 11.8 Å². The maximum absolute atomic E-state index is 13.6. The van der Waals surface area contributed by atoms with Crippen LogP contribution in [0.5, 0.6) is 5.88 Å². The van der Waals surface area contributed by atoms with Gasteiger partial charge in [0.2, 0.25) is 5.88 Å². The second kappa shape index (κ2) is 5.66. The highest BCUT2D eigenvalue weighted by molar-refractivity contribution is 8.00. The largest absolute Gasteiger partial charge is 0.493 e. The molecule has 0 saturated carbocycles. The summed E-state index contributed by atoms with van der Waals surface area (Å²) >= 11 is 1.81. The van der Waals surface area contributed by atoms with E-state index in [1.54, 1.807) is 30.5 Å². The minimum Gasteiger partial charge on any atom is -0.493 e. The van der Waals surface area contributed by atoms with Crippen molar-refractivity contribution in [1.82, 2.24) is 9.55 Å². The Hall–Kier alpha value is -2.41. The average Bonchev–Trinajstić information content (AvgIpc) is 2.77. The van der Waals surface area contributed by atoms with Gasteiger partial charge in [0, 0.05) is 23.1 Å². The van der Waals surface area contributed by atoms with E-state index in [9.17, 15) is 9.50 Å². The first kappa shape index (κ1) is 14.2. The Bertz CT molecular complexity index is 890. The molecule has 2 aromatic heterocycles. The van der Waals surface area contributed by atoms with Crippen LogP contribution in [-0.2, 0) is 0 Å². The van der Waals surface area contributed by atoms with Gasteiger partial charge in [-0.05, 0) is 30.3 Å². The third-order valence-corrected chi connectivity index (χ3v) is 5.04. The summed E-state index contributed by atoms with van der Waals surface area (Å²) in [4.78, 5) is 4.06. The number of hydrogen-bond donors (Lipinski definition) is 1. The van der Waals surface area contributed by atoms with Gasteiger partial charge in [0.15, 0.2) is 11.5 Å². The van der Waals surface area contributed by atoms with Crippen molar-refractivity contribution in [3.63, 3.8) is 0 Å². The van der Waals surface area contributed by atoms with Crippen LogP contribution in [0.1, 0.15) is 6.04 Å². The van der Waals surface area contributed by atoms with Gasteiger partial charge in [-0.25, -0.2) is 9.37 Å². The monoisotopic (exact) mass is 328 g/mol. The number of fused-ring (bicyclic) bond motifs is 1. The van der Waals surface area contributed by atoms with E-state index < -0.39 is 0 Å². The molecule has 0 aliphatic carbocycles. The minimum absolute atomic E-state index is 0.0237. The highest BCUT2D eigenvalue weighted by Gasteiger charge is 2.27. The molecular weight excluding hydrogens is 315 g/mol. The Morgan fingerprint density at radius 1 is 1.22 bits per heavy atom. The standard InChI is InChI=1S/C16H13FN4OS/c17-10-4-5-13-12(7-10)15(16(22)21(13)11-8-23-9-11)20-19-14-3-1-2-6-18-14/h1-7,11,22H,8-9H2. The van der Waals surface area contributed by atoms with E-state index in [1.165, 1.54) is 12.1 Å². The van der Waals surface area contributed by atoms with Crippen molar-refractivity contribution < 1.29 is 9.50 Å². The maximum Gasteiger partial charge on any atom is 0.221 e. The predicted molar refractivity (Wildman–Crippen MR) is 88.3 cm³/mol. The molecule has 4 rings (SSSR count). The van der Waals surface area contributed by atoms with Gasteiger partial charge < -0.3 is 9.67 Å². The molecule has 0 amide bonds. The Labute approximate surface area is 135 Å². The molecule has 0 unspecified atom stereocenters. The fourth-order valence-corrected chi connectivity index (χ4v) is 3.36. The van der Waals surface area contributed by atoms with Gasteiger partial charge in [-0.2, -0.15) is 11.8 Å². The number of benzene rings is 1. The molecule has 0 atom stereocenters. The summed E-state index contributed by atoms with van der Waals surface area (Å²) in [6, 6.07) is 9.94. The number of azo groups is 1. The van der Waals surface area contributed by atoms with Crippen molar-refractivity contribution in [2.75, 3.05) is 11.5 Å². The van der Waals surface area contributed by atoms with E-state index >= 15 is 0 Å². The van der Waals surface area contributed by atoms with Crippen molar-refractivity contribution in [3.8, 4) is 5.88 Å². The molecule has 0 spiro atoms. The van der Waals surface area contributed by atoms with E-state index in [1.807, 2.05) is 16.3 Å². The summed E-state index contributed by atoms with van der Waals surface area (Å²) in [5.41, 5.74) is 1.05. The summed E-state index contributed by atoms with van der Waals surface area (Å²) in [6.45, 7) is 0. The van der Waals surface area contributed by atoms with Gasteiger partial charge in [-0.3, -0.25) is 0 Å². The Morgan fingerprint density at radius 2 is 2.09 bits per heavy atom. The number of aromatic nitrogens is 2. The highest BCUT2D eigenvalue weighted by Crippen LogP contribution is 2.45. The zero-order valence-electron chi connectivity index (χ0n) is 12.1. The van der Waals surface area contributed by atoms with Crippen LogP contribution in [0.2, 0.25) is 0 Å². The molecule has 1 aliphatic rings. The lowest BCUT2D eigenvalue weighted by molar-refractivity contribution is 0.406. The lowest BCUT2D eigenvalue weighted by Gasteiger charge is -2.27. The Morgan fingerprint density at radius 3 is 2.78 bits per heavy atom. The molecule has 1 fully saturated rings. The van der Waals surface area contributed by atoms with Gasteiger partial charge in [-0.15, -0.1) is 10.2 Å². The lowest BCUT2D eigenvalue weighted by Crippen LogP contribution is -2.22. The number of nitrogens with zero attached hydrogens (tertiary/aromatic N) is 4. The predicted octanol–water partition coefficient (Wildman–Crippen LogP) is 4.58. The second-order valence-electron chi connectivity index (χ2n) is 5.28. The van der Waals surface area contributed by atoms with E-state index in [0.29, 0.717) is 11.2 Å². The number of thioether (sulfide) groups is 1. The molecule has 5 nitrogen and oxygen atoms in total. The molecule has 1 aliphatic heterocycles. The van der Waals surface area contributed by atoms with Gasteiger partial charge in [-0.1, -0.05) is 6.07 Å². The number of rotatable bonds is 3. The molecule has 3 aromatic rings. The quantitative estimate of drug-likeness (QED) is 0.716. The molecule has 1 N–H and O–H groups in total. The van der Waals surface area contributed by atoms with E-state index in [-0.39, 0.29) is 23.4 Å². The SMILES string of the molecule is Oc1c(N=Nc2ccccn2)c2cc(F)ccc2n1C1CSC1. The van der Waals surface area contributed by atoms with Gasteiger partial charge in [0.05, 0.1) is 11.6 Å². The Balaban J connectivity index is 1.86. The molecule has 0 bridgehead atoms. The van der Waals surface area contributed by atoms with Crippen molar-refractivity contribution in [2.45, 2.75) is 6.04 Å². The van der Waals surface area contributed by atoms with Crippen LogP contribution in [0, 0.1) is 5.82 Å². The van der Waals surface area contributed by atoms with Crippen molar-refractivity contribution >= 4 is 34.2 Å². The summed E-state index contributed by atoms with van der Waals surface area (Å²) in [7, 11) is 0. The molecule has 1 saturated heterocycles. The minimum atomic E-state index is -0.369.